The van der Waals surface area contributed by atoms with Crippen LogP contribution in [0.3, 0.4) is 0 Å². The fourth-order valence-electron chi connectivity index (χ4n) is 3.14. The van der Waals surface area contributed by atoms with Gasteiger partial charge >= 0.3 is 0 Å². The van der Waals surface area contributed by atoms with E-state index in [2.05, 4.69) is 38.2 Å². The minimum absolute atomic E-state index is 0.435. The summed E-state index contributed by atoms with van der Waals surface area (Å²) in [5.41, 5.74) is 0.435. The Morgan fingerprint density at radius 2 is 1.82 bits per heavy atom. The predicted octanol–water partition coefficient (Wildman–Crippen LogP) is 3.28. The molecule has 1 aliphatic carbocycles. The number of hydrogen-bond donors (Lipinski definition) is 1. The van der Waals surface area contributed by atoms with Crippen molar-refractivity contribution in [3.63, 3.8) is 0 Å². The summed E-state index contributed by atoms with van der Waals surface area (Å²) in [6.07, 6.45) is 9.64. The Kier molecular flexibility index (Phi) is 6.50. The van der Waals surface area contributed by atoms with Gasteiger partial charge in [0, 0.05) is 12.1 Å². The molecule has 1 saturated carbocycles. The van der Waals surface area contributed by atoms with Crippen LogP contribution in [0.2, 0.25) is 0 Å². The summed E-state index contributed by atoms with van der Waals surface area (Å²) in [5, 5.41) is 3.72. The third-order valence-corrected chi connectivity index (χ3v) is 4.46. The highest BCUT2D eigenvalue weighted by Crippen LogP contribution is 2.31. The molecule has 0 bridgehead atoms. The lowest BCUT2D eigenvalue weighted by Gasteiger charge is -2.43. The lowest BCUT2D eigenvalue weighted by Crippen LogP contribution is -2.53. The summed E-state index contributed by atoms with van der Waals surface area (Å²) in [7, 11) is 4.50. The average Bonchev–Trinajstić information content (AvgIpc) is 2.30. The second kappa shape index (κ2) is 7.38. The minimum Gasteiger partial charge on any atom is -0.315 e. The zero-order chi connectivity index (χ0) is 12.7. The van der Waals surface area contributed by atoms with Crippen LogP contribution in [0.5, 0.6) is 0 Å². The van der Waals surface area contributed by atoms with Crippen LogP contribution < -0.4 is 5.32 Å². The molecule has 0 aliphatic heterocycles. The van der Waals surface area contributed by atoms with E-state index >= 15 is 0 Å². The molecule has 0 aromatic carbocycles. The highest BCUT2D eigenvalue weighted by molar-refractivity contribution is 4.92. The summed E-state index contributed by atoms with van der Waals surface area (Å²) in [6, 6.07) is 0. The third-order valence-electron chi connectivity index (χ3n) is 4.46. The van der Waals surface area contributed by atoms with E-state index in [1.54, 1.807) is 0 Å². The Labute approximate surface area is 108 Å². The molecule has 0 aromatic rings. The second-order valence-electron chi connectivity index (χ2n) is 6.20. The molecule has 17 heavy (non-hydrogen) atoms. The number of nitrogens with zero attached hydrogens (tertiary/aromatic N) is 1. The predicted molar refractivity (Wildman–Crippen MR) is 76.4 cm³/mol. The molecule has 0 saturated heterocycles. The van der Waals surface area contributed by atoms with Gasteiger partial charge in [0.1, 0.15) is 0 Å². The van der Waals surface area contributed by atoms with E-state index in [1.165, 1.54) is 58.0 Å². The van der Waals surface area contributed by atoms with E-state index in [4.69, 9.17) is 0 Å². The molecule has 0 amide bonds. The van der Waals surface area contributed by atoms with Crippen LogP contribution in [0.25, 0.3) is 0 Å². The highest BCUT2D eigenvalue weighted by Gasteiger charge is 2.33. The number of likely N-dealkylation sites (N-methyl/N-ethyl adjacent to an activating group) is 1. The maximum absolute atomic E-state index is 3.72. The van der Waals surface area contributed by atoms with Crippen molar-refractivity contribution in [2.24, 2.45) is 5.92 Å². The summed E-state index contributed by atoms with van der Waals surface area (Å²) in [4.78, 5) is 2.46. The van der Waals surface area contributed by atoms with Gasteiger partial charge in [0.25, 0.3) is 0 Å². The minimum atomic E-state index is 0.435. The van der Waals surface area contributed by atoms with Gasteiger partial charge in [-0.05, 0) is 45.8 Å². The Morgan fingerprint density at radius 3 is 2.35 bits per heavy atom. The molecule has 0 heterocycles. The van der Waals surface area contributed by atoms with Crippen LogP contribution in [0.4, 0.5) is 0 Å². The van der Waals surface area contributed by atoms with Gasteiger partial charge in [-0.2, -0.15) is 0 Å². The summed E-state index contributed by atoms with van der Waals surface area (Å²) < 4.78 is 0. The molecule has 0 spiro atoms. The Balaban J connectivity index is 2.34. The number of nitrogens with one attached hydrogen (secondary N) is 1. The Morgan fingerprint density at radius 1 is 1.18 bits per heavy atom. The molecule has 1 N–H and O–H groups in total. The molecule has 0 aromatic heterocycles. The van der Waals surface area contributed by atoms with Crippen LogP contribution in [-0.4, -0.2) is 37.6 Å². The largest absolute Gasteiger partial charge is 0.315 e. The summed E-state index contributed by atoms with van der Waals surface area (Å²) in [5.74, 6) is 0.822. The molecule has 1 atom stereocenters. The molecule has 102 valence electrons. The van der Waals surface area contributed by atoms with Gasteiger partial charge < -0.3 is 10.2 Å². The molecule has 2 nitrogen and oxygen atoms in total. The van der Waals surface area contributed by atoms with E-state index in [0.717, 1.165) is 5.92 Å². The van der Waals surface area contributed by atoms with Crippen molar-refractivity contribution in [3.05, 3.63) is 0 Å². The van der Waals surface area contributed by atoms with Crippen LogP contribution in [-0.2, 0) is 0 Å². The van der Waals surface area contributed by atoms with Gasteiger partial charge in [0.05, 0.1) is 0 Å². The van der Waals surface area contributed by atoms with Crippen molar-refractivity contribution in [1.29, 1.82) is 0 Å². The summed E-state index contributed by atoms with van der Waals surface area (Å²) >= 11 is 0. The average molecular weight is 240 g/mol. The lowest BCUT2D eigenvalue weighted by molar-refractivity contribution is 0.0976. The molecule has 1 aliphatic rings. The van der Waals surface area contributed by atoms with E-state index in [0.29, 0.717) is 5.54 Å². The zero-order valence-corrected chi connectivity index (χ0v) is 12.4. The van der Waals surface area contributed by atoms with E-state index in [-0.39, 0.29) is 0 Å². The molecule has 1 fully saturated rings. The topological polar surface area (TPSA) is 15.3 Å². The van der Waals surface area contributed by atoms with Crippen LogP contribution in [0, 0.1) is 5.92 Å². The molecule has 1 unspecified atom stereocenters. The first-order valence-electron chi connectivity index (χ1n) is 7.49. The third kappa shape index (κ3) is 4.59. The van der Waals surface area contributed by atoms with Gasteiger partial charge in [0.15, 0.2) is 0 Å². The SMILES string of the molecule is CCCC(C)CNCC1(N(C)C)CCCCC1. The quantitative estimate of drug-likeness (QED) is 0.735. The highest BCUT2D eigenvalue weighted by atomic mass is 15.2. The Bertz CT molecular complexity index is 195. The molecule has 0 radical (unpaired) electrons. The monoisotopic (exact) mass is 240 g/mol. The normalized spacial score (nSPS) is 21.7. The molecule has 1 rings (SSSR count). The van der Waals surface area contributed by atoms with Gasteiger partial charge in [-0.25, -0.2) is 0 Å². The van der Waals surface area contributed by atoms with Crippen molar-refractivity contribution < 1.29 is 0 Å². The zero-order valence-electron chi connectivity index (χ0n) is 12.4. The first-order chi connectivity index (χ1) is 8.10. The van der Waals surface area contributed by atoms with Crippen molar-refractivity contribution >= 4 is 0 Å². The van der Waals surface area contributed by atoms with Crippen molar-refractivity contribution in [2.45, 2.75) is 64.3 Å². The van der Waals surface area contributed by atoms with Crippen molar-refractivity contribution in [1.82, 2.24) is 10.2 Å². The van der Waals surface area contributed by atoms with Crippen LogP contribution >= 0.6 is 0 Å². The second-order valence-corrected chi connectivity index (χ2v) is 6.20. The van der Waals surface area contributed by atoms with Crippen molar-refractivity contribution in [3.8, 4) is 0 Å². The standard InChI is InChI=1S/C15H32N2/c1-5-9-14(2)12-16-13-15(17(3)4)10-7-6-8-11-15/h14,16H,5-13H2,1-4H3. The van der Waals surface area contributed by atoms with E-state index < -0.39 is 0 Å². The van der Waals surface area contributed by atoms with Crippen molar-refractivity contribution in [2.75, 3.05) is 27.2 Å². The smallest absolute Gasteiger partial charge is 0.0327 e. The molecular formula is C15H32N2. The summed E-state index contributed by atoms with van der Waals surface area (Å²) in [6.45, 7) is 7.00. The van der Waals surface area contributed by atoms with Crippen LogP contribution in [0.1, 0.15) is 58.8 Å². The maximum atomic E-state index is 3.72. The van der Waals surface area contributed by atoms with Gasteiger partial charge in [0.2, 0.25) is 0 Å². The van der Waals surface area contributed by atoms with Crippen LogP contribution in [0.15, 0.2) is 0 Å². The van der Waals surface area contributed by atoms with E-state index in [1.807, 2.05) is 0 Å². The molecular weight excluding hydrogens is 208 g/mol. The first-order valence-corrected chi connectivity index (χ1v) is 7.49. The number of rotatable bonds is 7. The molecule has 2 heteroatoms. The number of hydrogen-bond acceptors (Lipinski definition) is 2. The maximum Gasteiger partial charge on any atom is 0.0327 e. The Hall–Kier alpha value is -0.0800. The fraction of sp³-hybridized carbons (Fsp3) is 1.00. The first kappa shape index (κ1) is 15.0. The fourth-order valence-corrected chi connectivity index (χ4v) is 3.14. The van der Waals surface area contributed by atoms with Gasteiger partial charge in [-0.1, -0.05) is 39.5 Å². The lowest BCUT2D eigenvalue weighted by atomic mass is 9.80. The van der Waals surface area contributed by atoms with Gasteiger partial charge in [-0.3, -0.25) is 0 Å². The van der Waals surface area contributed by atoms with E-state index in [9.17, 15) is 0 Å². The van der Waals surface area contributed by atoms with Gasteiger partial charge in [-0.15, -0.1) is 0 Å².